The second-order valence-electron chi connectivity index (χ2n) is 12.4. The van der Waals surface area contributed by atoms with Gasteiger partial charge in [0.25, 0.3) is 0 Å². The summed E-state index contributed by atoms with van der Waals surface area (Å²) in [5.74, 6) is -0.188. The summed E-state index contributed by atoms with van der Waals surface area (Å²) in [5.41, 5.74) is 3.21. The summed E-state index contributed by atoms with van der Waals surface area (Å²) in [6, 6.07) is 11.2. The molecular weight excluding hydrogens is 576 g/mol. The fourth-order valence-corrected chi connectivity index (χ4v) is 8.26. The number of nitrogens with two attached hydrogens (primary N) is 1. The van der Waals surface area contributed by atoms with Gasteiger partial charge in [-0.15, -0.1) is 0 Å². The maximum atomic E-state index is 11.9. The summed E-state index contributed by atoms with van der Waals surface area (Å²) in [7, 11) is -3.55. The highest BCUT2D eigenvalue weighted by atomic mass is 35.5. The van der Waals surface area contributed by atoms with Crippen molar-refractivity contribution < 1.29 is 28.2 Å². The Balaban J connectivity index is 1.38. The summed E-state index contributed by atoms with van der Waals surface area (Å²) in [5, 5.41) is 26.8. The highest BCUT2D eigenvalue weighted by Crippen LogP contribution is 2.46. The zero-order valence-corrected chi connectivity index (χ0v) is 25.6. The number of aliphatic hydroxyl groups is 1. The summed E-state index contributed by atoms with van der Waals surface area (Å²) in [4.78, 5) is 14.2. The van der Waals surface area contributed by atoms with E-state index < -0.39 is 22.1 Å². The zero-order valence-electron chi connectivity index (χ0n) is 24.0. The van der Waals surface area contributed by atoms with E-state index in [1.54, 1.807) is 24.3 Å². The smallest absolute Gasteiger partial charge is 0.335 e. The molecule has 0 radical (unpaired) electrons. The minimum atomic E-state index is -3.55. The number of sulfonamides is 1. The van der Waals surface area contributed by atoms with Gasteiger partial charge < -0.3 is 19.8 Å². The van der Waals surface area contributed by atoms with Crippen molar-refractivity contribution in [3.05, 3.63) is 70.3 Å². The van der Waals surface area contributed by atoms with Gasteiger partial charge in [0.05, 0.1) is 29.7 Å². The van der Waals surface area contributed by atoms with E-state index in [2.05, 4.69) is 17.0 Å². The minimum absolute atomic E-state index is 0.0586. The Morgan fingerprint density at radius 3 is 2.76 bits per heavy atom. The largest absolute Gasteiger partial charge is 0.490 e. The Morgan fingerprint density at radius 1 is 1.26 bits per heavy atom. The molecule has 0 bridgehead atoms. The lowest BCUT2D eigenvalue weighted by atomic mass is 9.68. The second-order valence-corrected chi connectivity index (χ2v) is 14.4. The zero-order chi connectivity index (χ0) is 30.1. The number of primary sulfonamides is 1. The molecule has 0 saturated heterocycles. The van der Waals surface area contributed by atoms with Crippen molar-refractivity contribution in [2.45, 2.75) is 63.4 Å². The summed E-state index contributed by atoms with van der Waals surface area (Å²) in [6.45, 7) is 3.78. The third kappa shape index (κ3) is 6.80. The van der Waals surface area contributed by atoms with Gasteiger partial charge in [-0.2, -0.15) is 0 Å². The van der Waals surface area contributed by atoms with E-state index in [9.17, 15) is 23.4 Å². The van der Waals surface area contributed by atoms with Crippen LogP contribution in [-0.2, 0) is 21.9 Å². The molecule has 5 rings (SSSR count). The Hall–Kier alpha value is -2.59. The van der Waals surface area contributed by atoms with E-state index in [4.69, 9.17) is 21.5 Å². The number of halogens is 1. The van der Waals surface area contributed by atoms with Crippen molar-refractivity contribution >= 4 is 33.3 Å². The molecule has 1 heterocycles. The first-order chi connectivity index (χ1) is 20.0. The molecule has 1 spiro atoms. The maximum absolute atomic E-state index is 11.9. The van der Waals surface area contributed by atoms with Crippen LogP contribution in [0.5, 0.6) is 5.75 Å². The molecule has 2 aliphatic carbocycles. The number of ether oxygens (including phenoxy) is 1. The first-order valence-corrected chi connectivity index (χ1v) is 17.0. The lowest BCUT2D eigenvalue weighted by Gasteiger charge is -2.45. The molecule has 1 aliphatic heterocycles. The lowest BCUT2D eigenvalue weighted by molar-refractivity contribution is 0.0456. The highest BCUT2D eigenvalue weighted by molar-refractivity contribution is 7.89. The average Bonchev–Trinajstić information content (AvgIpc) is 3.06. The predicted octanol–water partition coefficient (Wildman–Crippen LogP) is 5.16. The number of fused-ring (bicyclic) bond motifs is 3. The molecule has 228 valence electrons. The standard InChI is InChI=1S/C32H41ClN2O6S/c1-2-21(18-42(34,39)40)5-3-7-29(36)26-11-8-24(26)17-35-19-32(14-4-6-22-15-25(33)10-12-27(22)32)20-41-30-13-9-23(31(37)38)16-28(30)35/h3,7,9-10,12-13,15-16,21,24,26,29,36H,2,4-6,8,11,14,17-20H2,1H3,(H,37,38)(H2,34,39,40)/t21-,24-,26+,29-,32-/m0/s1. The van der Waals surface area contributed by atoms with Crippen LogP contribution in [0.3, 0.4) is 0 Å². The first kappa shape index (κ1) is 30.9. The van der Waals surface area contributed by atoms with Crippen LogP contribution in [-0.4, -0.2) is 56.2 Å². The fourth-order valence-electron chi connectivity index (χ4n) is 7.04. The van der Waals surface area contributed by atoms with E-state index in [-0.39, 0.29) is 34.5 Å². The van der Waals surface area contributed by atoms with Crippen molar-refractivity contribution in [2.24, 2.45) is 22.9 Å². The van der Waals surface area contributed by atoms with Gasteiger partial charge in [0, 0.05) is 23.5 Å². The Bertz CT molecular complexity index is 1450. The predicted molar refractivity (Wildman–Crippen MR) is 165 cm³/mol. The number of benzene rings is 2. The number of hydrogen-bond acceptors (Lipinski definition) is 6. The molecule has 0 aromatic heterocycles. The summed E-state index contributed by atoms with van der Waals surface area (Å²) in [6.07, 6.45) is 9.06. The van der Waals surface area contributed by atoms with Gasteiger partial charge in [-0.05, 0) is 97.7 Å². The Morgan fingerprint density at radius 2 is 2.07 bits per heavy atom. The molecule has 0 unspecified atom stereocenters. The van der Waals surface area contributed by atoms with E-state index in [0.717, 1.165) is 42.8 Å². The van der Waals surface area contributed by atoms with Crippen LogP contribution in [0.15, 0.2) is 48.6 Å². The van der Waals surface area contributed by atoms with Crippen LogP contribution in [0.25, 0.3) is 0 Å². The van der Waals surface area contributed by atoms with Crippen molar-refractivity contribution in [1.82, 2.24) is 0 Å². The minimum Gasteiger partial charge on any atom is -0.490 e. The van der Waals surface area contributed by atoms with Crippen LogP contribution in [0.2, 0.25) is 5.02 Å². The van der Waals surface area contributed by atoms with E-state index >= 15 is 0 Å². The topological polar surface area (TPSA) is 130 Å². The second kappa shape index (κ2) is 12.6. The van der Waals surface area contributed by atoms with Gasteiger partial charge in [0.2, 0.25) is 10.0 Å². The number of aromatic carboxylic acids is 1. The molecule has 0 amide bonds. The number of aryl methyl sites for hydroxylation is 1. The van der Waals surface area contributed by atoms with Crippen molar-refractivity contribution in [3.8, 4) is 5.75 Å². The summed E-state index contributed by atoms with van der Waals surface area (Å²) >= 11 is 6.36. The molecule has 42 heavy (non-hydrogen) atoms. The number of anilines is 1. The molecule has 1 fully saturated rings. The van der Waals surface area contributed by atoms with Gasteiger partial charge in [-0.1, -0.05) is 43.2 Å². The van der Waals surface area contributed by atoms with E-state index in [1.165, 1.54) is 11.1 Å². The van der Waals surface area contributed by atoms with Gasteiger partial charge in [0.15, 0.2) is 0 Å². The van der Waals surface area contributed by atoms with Gasteiger partial charge >= 0.3 is 5.97 Å². The molecule has 2 aromatic rings. The number of carboxylic acids is 1. The maximum Gasteiger partial charge on any atom is 0.335 e. The molecule has 3 aliphatic rings. The third-order valence-electron chi connectivity index (χ3n) is 9.50. The van der Waals surface area contributed by atoms with E-state index in [0.29, 0.717) is 38.3 Å². The van der Waals surface area contributed by atoms with Crippen LogP contribution in [0.1, 0.15) is 66.9 Å². The van der Waals surface area contributed by atoms with E-state index in [1.807, 2.05) is 19.1 Å². The quantitative estimate of drug-likeness (QED) is 0.314. The van der Waals surface area contributed by atoms with Crippen molar-refractivity contribution in [3.63, 3.8) is 0 Å². The summed E-state index contributed by atoms with van der Waals surface area (Å²) < 4.78 is 29.5. The normalized spacial score (nSPS) is 25.2. The van der Waals surface area contributed by atoms with Crippen LogP contribution >= 0.6 is 11.6 Å². The average molecular weight is 617 g/mol. The molecule has 1 saturated carbocycles. The molecule has 8 nitrogen and oxygen atoms in total. The van der Waals surface area contributed by atoms with Crippen LogP contribution < -0.4 is 14.8 Å². The Labute approximate surface area is 253 Å². The highest BCUT2D eigenvalue weighted by Gasteiger charge is 2.44. The molecule has 10 heteroatoms. The van der Waals surface area contributed by atoms with Gasteiger partial charge in [-0.3, -0.25) is 0 Å². The number of aliphatic hydroxyl groups excluding tert-OH is 1. The number of hydrogen-bond donors (Lipinski definition) is 3. The number of rotatable bonds is 10. The van der Waals surface area contributed by atoms with Crippen LogP contribution in [0, 0.1) is 17.8 Å². The number of carboxylic acid groups (broad SMARTS) is 1. The molecule has 2 aromatic carbocycles. The lowest BCUT2D eigenvalue weighted by Crippen LogP contribution is -2.49. The number of carbonyl (C=O) groups is 1. The first-order valence-electron chi connectivity index (χ1n) is 14.9. The molecular formula is C32H41ClN2O6S. The van der Waals surface area contributed by atoms with Crippen molar-refractivity contribution in [2.75, 3.05) is 30.3 Å². The van der Waals surface area contributed by atoms with Gasteiger partial charge in [-0.25, -0.2) is 18.4 Å². The van der Waals surface area contributed by atoms with Crippen LogP contribution in [0.4, 0.5) is 5.69 Å². The molecule has 5 atom stereocenters. The van der Waals surface area contributed by atoms with Gasteiger partial charge in [0.1, 0.15) is 5.75 Å². The monoisotopic (exact) mass is 616 g/mol. The van der Waals surface area contributed by atoms with Crippen molar-refractivity contribution in [1.29, 1.82) is 0 Å². The third-order valence-corrected chi connectivity index (χ3v) is 10.7. The fraction of sp³-hybridized carbons (Fsp3) is 0.531. The Kier molecular flexibility index (Phi) is 9.23. The molecule has 4 N–H and O–H groups in total. The number of allylic oxidation sites excluding steroid dienone is 1. The SMILES string of the molecule is CC[C@@H](CC=C[C@H](O)[C@@H]1CC[C@H]1CN1C[C@@]2(CCCc3cc(Cl)ccc32)COc2ccc(C(=O)O)cc21)CS(N)(=O)=O. The number of nitrogens with zero attached hydrogens (tertiary/aromatic N) is 1.